The van der Waals surface area contributed by atoms with Crippen molar-refractivity contribution >= 4 is 22.3 Å². The molecule has 1 aromatic carbocycles. The summed E-state index contributed by atoms with van der Waals surface area (Å²) < 4.78 is 0. The summed E-state index contributed by atoms with van der Waals surface area (Å²) in [5.41, 5.74) is 10.8. The van der Waals surface area contributed by atoms with Gasteiger partial charge in [-0.25, -0.2) is 4.79 Å². The van der Waals surface area contributed by atoms with Crippen molar-refractivity contribution in [1.29, 1.82) is 0 Å². The average Bonchev–Trinajstić information content (AvgIpc) is 2.83. The molecule has 0 spiro atoms. The summed E-state index contributed by atoms with van der Waals surface area (Å²) in [6, 6.07) is 6.38. The average molecular weight is 301 g/mol. The number of carbonyl (C=O) groups is 1. The second-order valence-corrected chi connectivity index (χ2v) is 6.63. The highest BCUT2D eigenvalue weighted by molar-refractivity contribution is 7.17. The van der Waals surface area contributed by atoms with E-state index in [9.17, 15) is 9.90 Å². The summed E-state index contributed by atoms with van der Waals surface area (Å²) in [6.45, 7) is 2.04. The minimum Gasteiger partial charge on any atom is -0.478 e. The zero-order chi connectivity index (χ0) is 15.0. The first-order chi connectivity index (χ1) is 10.1. The van der Waals surface area contributed by atoms with Crippen LogP contribution in [0.5, 0.6) is 0 Å². The summed E-state index contributed by atoms with van der Waals surface area (Å²) in [6.07, 6.45) is 5.49. The number of anilines is 1. The van der Waals surface area contributed by atoms with Gasteiger partial charge in [0.2, 0.25) is 0 Å². The Hall–Kier alpha value is -1.81. The van der Waals surface area contributed by atoms with Crippen LogP contribution in [0, 0.1) is 0 Å². The fraction of sp³-hybridized carbons (Fsp3) is 0.353. The van der Waals surface area contributed by atoms with Crippen molar-refractivity contribution in [3.05, 3.63) is 39.8 Å². The van der Waals surface area contributed by atoms with Gasteiger partial charge in [-0.05, 0) is 48.8 Å². The van der Waals surface area contributed by atoms with Crippen LogP contribution in [0.1, 0.15) is 46.1 Å². The molecule has 0 unspecified atom stereocenters. The third-order valence-corrected chi connectivity index (χ3v) is 5.34. The van der Waals surface area contributed by atoms with Crippen LogP contribution in [-0.4, -0.2) is 11.1 Å². The lowest BCUT2D eigenvalue weighted by Gasteiger charge is -2.17. The Labute approximate surface area is 128 Å². The summed E-state index contributed by atoms with van der Waals surface area (Å²) in [7, 11) is 0. The highest BCUT2D eigenvalue weighted by Crippen LogP contribution is 2.40. The van der Waals surface area contributed by atoms with E-state index in [-0.39, 0.29) is 5.56 Å². The number of benzene rings is 1. The van der Waals surface area contributed by atoms with E-state index in [1.165, 1.54) is 35.3 Å². The number of carboxylic acids is 1. The zero-order valence-corrected chi connectivity index (χ0v) is 12.9. The van der Waals surface area contributed by atoms with Crippen molar-refractivity contribution in [1.82, 2.24) is 0 Å². The second kappa shape index (κ2) is 5.53. The number of hydrogen-bond donors (Lipinski definition) is 2. The van der Waals surface area contributed by atoms with Gasteiger partial charge in [-0.15, -0.1) is 11.3 Å². The Morgan fingerprint density at radius 3 is 2.67 bits per heavy atom. The van der Waals surface area contributed by atoms with Crippen LogP contribution in [0.2, 0.25) is 0 Å². The van der Waals surface area contributed by atoms with Crippen LogP contribution in [0.25, 0.3) is 11.1 Å². The molecule has 1 heterocycles. The molecule has 0 saturated heterocycles. The van der Waals surface area contributed by atoms with Gasteiger partial charge in [0.25, 0.3) is 0 Å². The quantitative estimate of drug-likeness (QED) is 0.895. The SMILES string of the molecule is CCc1sc(N)c(C(=O)O)c1-c1ccc2c(c1)CCCC2. The van der Waals surface area contributed by atoms with Gasteiger partial charge in [0.1, 0.15) is 10.6 Å². The molecule has 1 aliphatic rings. The minimum atomic E-state index is -0.934. The standard InChI is InChI=1S/C17H19NO2S/c1-2-13-14(15(17(19)20)16(18)21-13)12-8-7-10-5-3-4-6-11(10)9-12/h7-9H,2-6,18H2,1H3,(H,19,20). The fourth-order valence-corrected chi connectivity index (χ4v) is 4.18. The third kappa shape index (κ3) is 2.44. The first kappa shape index (κ1) is 14.1. The number of nitrogens with two attached hydrogens (primary N) is 1. The Balaban J connectivity index is 2.18. The number of fused-ring (bicyclic) bond motifs is 1. The number of aromatic carboxylic acids is 1. The zero-order valence-electron chi connectivity index (χ0n) is 12.1. The van der Waals surface area contributed by atoms with Crippen molar-refractivity contribution in [3.63, 3.8) is 0 Å². The number of rotatable bonds is 3. The van der Waals surface area contributed by atoms with Gasteiger partial charge in [0, 0.05) is 10.4 Å². The van der Waals surface area contributed by atoms with E-state index in [2.05, 4.69) is 18.2 Å². The molecule has 4 heteroatoms. The molecule has 0 atom stereocenters. The Morgan fingerprint density at radius 1 is 1.29 bits per heavy atom. The molecule has 0 fully saturated rings. The van der Waals surface area contributed by atoms with Gasteiger partial charge in [-0.3, -0.25) is 0 Å². The molecule has 0 bridgehead atoms. The molecular formula is C17H19NO2S. The minimum absolute atomic E-state index is 0.271. The lowest BCUT2D eigenvalue weighted by molar-refractivity contribution is 0.0699. The Bertz CT molecular complexity index is 703. The summed E-state index contributed by atoms with van der Waals surface area (Å²) >= 11 is 1.40. The number of thiophene rings is 1. The number of carboxylic acid groups (broad SMARTS) is 1. The van der Waals surface area contributed by atoms with E-state index < -0.39 is 5.97 Å². The van der Waals surface area contributed by atoms with Crippen LogP contribution in [0.15, 0.2) is 18.2 Å². The fourth-order valence-electron chi connectivity index (χ4n) is 3.15. The largest absolute Gasteiger partial charge is 0.478 e. The molecule has 3 nitrogen and oxygen atoms in total. The van der Waals surface area contributed by atoms with Gasteiger partial charge < -0.3 is 10.8 Å². The Morgan fingerprint density at radius 2 is 2.00 bits per heavy atom. The van der Waals surface area contributed by atoms with Crippen molar-refractivity contribution in [2.45, 2.75) is 39.0 Å². The lowest BCUT2D eigenvalue weighted by atomic mass is 9.88. The molecule has 110 valence electrons. The smallest absolute Gasteiger partial charge is 0.339 e. The normalized spacial score (nSPS) is 14.0. The molecule has 0 saturated carbocycles. The van der Waals surface area contributed by atoms with E-state index in [4.69, 9.17) is 5.73 Å². The molecule has 3 rings (SSSR count). The molecule has 3 N–H and O–H groups in total. The maximum absolute atomic E-state index is 11.6. The Kier molecular flexibility index (Phi) is 3.72. The van der Waals surface area contributed by atoms with Crippen LogP contribution >= 0.6 is 11.3 Å². The predicted octanol–water partition coefficient (Wildman–Crippen LogP) is 4.14. The van der Waals surface area contributed by atoms with Gasteiger partial charge in [0.05, 0.1) is 0 Å². The highest BCUT2D eigenvalue weighted by atomic mass is 32.1. The summed E-state index contributed by atoms with van der Waals surface area (Å²) in [5, 5.41) is 9.89. The van der Waals surface area contributed by atoms with Crippen molar-refractivity contribution in [2.75, 3.05) is 5.73 Å². The number of hydrogen-bond acceptors (Lipinski definition) is 3. The van der Waals surface area contributed by atoms with Crippen LogP contribution in [-0.2, 0) is 19.3 Å². The predicted molar refractivity (Wildman–Crippen MR) is 87.1 cm³/mol. The van der Waals surface area contributed by atoms with Gasteiger partial charge in [0.15, 0.2) is 0 Å². The van der Waals surface area contributed by atoms with E-state index in [0.717, 1.165) is 35.3 Å². The van der Waals surface area contributed by atoms with Gasteiger partial charge >= 0.3 is 5.97 Å². The van der Waals surface area contributed by atoms with Crippen molar-refractivity contribution in [3.8, 4) is 11.1 Å². The van der Waals surface area contributed by atoms with Crippen LogP contribution in [0.4, 0.5) is 5.00 Å². The van der Waals surface area contributed by atoms with Crippen molar-refractivity contribution in [2.24, 2.45) is 0 Å². The first-order valence-corrected chi connectivity index (χ1v) is 8.20. The first-order valence-electron chi connectivity index (χ1n) is 7.38. The van der Waals surface area contributed by atoms with Gasteiger partial charge in [-0.1, -0.05) is 25.1 Å². The van der Waals surface area contributed by atoms with Crippen LogP contribution in [0.3, 0.4) is 0 Å². The number of nitrogen functional groups attached to an aromatic ring is 1. The molecule has 2 aromatic rings. The topological polar surface area (TPSA) is 63.3 Å². The molecule has 0 radical (unpaired) electrons. The van der Waals surface area contributed by atoms with E-state index >= 15 is 0 Å². The summed E-state index contributed by atoms with van der Waals surface area (Å²) in [4.78, 5) is 12.6. The molecule has 1 aliphatic carbocycles. The maximum atomic E-state index is 11.6. The monoisotopic (exact) mass is 301 g/mol. The molecular weight excluding hydrogens is 282 g/mol. The lowest BCUT2D eigenvalue weighted by Crippen LogP contribution is -2.04. The van der Waals surface area contributed by atoms with E-state index in [1.54, 1.807) is 0 Å². The van der Waals surface area contributed by atoms with Crippen molar-refractivity contribution < 1.29 is 9.90 Å². The number of aryl methyl sites for hydroxylation is 3. The molecule has 0 aliphatic heterocycles. The van der Waals surface area contributed by atoms with Crippen LogP contribution < -0.4 is 5.73 Å². The molecule has 0 amide bonds. The molecule has 21 heavy (non-hydrogen) atoms. The van der Waals surface area contributed by atoms with E-state index in [1.807, 2.05) is 6.92 Å². The second-order valence-electron chi connectivity index (χ2n) is 5.49. The van der Waals surface area contributed by atoms with Gasteiger partial charge in [-0.2, -0.15) is 0 Å². The maximum Gasteiger partial charge on any atom is 0.339 e. The third-order valence-electron chi connectivity index (χ3n) is 4.18. The molecule has 1 aromatic heterocycles. The highest BCUT2D eigenvalue weighted by Gasteiger charge is 2.23. The van der Waals surface area contributed by atoms with E-state index in [0.29, 0.717) is 5.00 Å². The summed E-state index contributed by atoms with van der Waals surface area (Å²) in [5.74, 6) is -0.934.